The van der Waals surface area contributed by atoms with Crippen LogP contribution in [0.2, 0.25) is 0 Å². The number of amides is 1. The first-order valence-corrected chi connectivity index (χ1v) is 9.67. The standard InChI is InChI=1S/C17H27N3O3S/c1-14(2)13-15-5-7-16(8-6-15)17(21)19-9-11-20(12-10-19)24(22,23)18(3)4/h5-8,14H,9-13H2,1-4H3. The summed E-state index contributed by atoms with van der Waals surface area (Å²) < 4.78 is 26.8. The second kappa shape index (κ2) is 7.63. The zero-order chi connectivity index (χ0) is 17.9. The maximum Gasteiger partial charge on any atom is 0.281 e. The van der Waals surface area contributed by atoms with Crippen molar-refractivity contribution in [3.63, 3.8) is 0 Å². The Morgan fingerprint density at radius 1 is 1.08 bits per heavy atom. The predicted molar refractivity (Wildman–Crippen MR) is 95.1 cm³/mol. The molecule has 0 unspecified atom stereocenters. The minimum Gasteiger partial charge on any atom is -0.336 e. The van der Waals surface area contributed by atoms with Gasteiger partial charge in [-0.15, -0.1) is 0 Å². The second-order valence-electron chi connectivity index (χ2n) is 6.78. The van der Waals surface area contributed by atoms with Gasteiger partial charge in [0.2, 0.25) is 0 Å². The van der Waals surface area contributed by atoms with E-state index in [1.165, 1.54) is 28.3 Å². The highest BCUT2D eigenvalue weighted by atomic mass is 32.2. The molecule has 6 nitrogen and oxygen atoms in total. The van der Waals surface area contributed by atoms with E-state index in [1.54, 1.807) is 4.90 Å². The molecule has 134 valence electrons. The summed E-state index contributed by atoms with van der Waals surface area (Å²) in [6, 6.07) is 7.73. The monoisotopic (exact) mass is 353 g/mol. The molecule has 1 aliphatic rings. The molecule has 0 saturated carbocycles. The second-order valence-corrected chi connectivity index (χ2v) is 8.92. The van der Waals surface area contributed by atoms with Crippen LogP contribution in [0.1, 0.15) is 29.8 Å². The number of nitrogens with zero attached hydrogens (tertiary/aromatic N) is 3. The van der Waals surface area contributed by atoms with Gasteiger partial charge in [0, 0.05) is 45.8 Å². The molecule has 0 N–H and O–H groups in total. The first-order chi connectivity index (χ1) is 11.2. The van der Waals surface area contributed by atoms with Crippen molar-refractivity contribution in [2.75, 3.05) is 40.3 Å². The molecular weight excluding hydrogens is 326 g/mol. The number of hydrogen-bond acceptors (Lipinski definition) is 3. The normalized spacial score (nSPS) is 16.8. The quantitative estimate of drug-likeness (QED) is 0.805. The predicted octanol–water partition coefficient (Wildman–Crippen LogP) is 1.45. The highest BCUT2D eigenvalue weighted by Crippen LogP contribution is 2.15. The molecule has 1 amide bonds. The lowest BCUT2D eigenvalue weighted by Gasteiger charge is -2.35. The Balaban J connectivity index is 1.98. The van der Waals surface area contributed by atoms with Crippen LogP contribution in [0.25, 0.3) is 0 Å². The van der Waals surface area contributed by atoms with E-state index in [4.69, 9.17) is 0 Å². The molecule has 2 rings (SSSR count). The van der Waals surface area contributed by atoms with Crippen LogP contribution in [0.3, 0.4) is 0 Å². The van der Waals surface area contributed by atoms with Gasteiger partial charge >= 0.3 is 0 Å². The summed E-state index contributed by atoms with van der Waals surface area (Å²) in [4.78, 5) is 14.3. The summed E-state index contributed by atoms with van der Waals surface area (Å²) in [5, 5.41) is 0. The molecule has 7 heteroatoms. The van der Waals surface area contributed by atoms with Crippen molar-refractivity contribution in [3.8, 4) is 0 Å². The molecule has 1 fully saturated rings. The highest BCUT2D eigenvalue weighted by Gasteiger charge is 2.30. The van der Waals surface area contributed by atoms with Crippen molar-refractivity contribution >= 4 is 16.1 Å². The van der Waals surface area contributed by atoms with E-state index in [9.17, 15) is 13.2 Å². The van der Waals surface area contributed by atoms with Gasteiger partial charge in [0.25, 0.3) is 16.1 Å². The minimum atomic E-state index is -3.40. The van der Waals surface area contributed by atoms with Crippen LogP contribution in [0, 0.1) is 5.92 Å². The van der Waals surface area contributed by atoms with E-state index < -0.39 is 10.2 Å². The lowest BCUT2D eigenvalue weighted by molar-refractivity contribution is 0.0695. The lowest BCUT2D eigenvalue weighted by Crippen LogP contribution is -2.53. The van der Waals surface area contributed by atoms with Gasteiger partial charge in [-0.2, -0.15) is 17.0 Å². The van der Waals surface area contributed by atoms with Gasteiger partial charge in [0.15, 0.2) is 0 Å². The van der Waals surface area contributed by atoms with E-state index in [2.05, 4.69) is 13.8 Å². The fourth-order valence-electron chi connectivity index (χ4n) is 2.79. The van der Waals surface area contributed by atoms with Gasteiger partial charge in [0.05, 0.1) is 0 Å². The summed E-state index contributed by atoms with van der Waals surface area (Å²) in [5.41, 5.74) is 1.88. The molecule has 0 spiro atoms. The zero-order valence-electron chi connectivity index (χ0n) is 14.9. The smallest absolute Gasteiger partial charge is 0.281 e. The SMILES string of the molecule is CC(C)Cc1ccc(C(=O)N2CCN(S(=O)(=O)N(C)C)CC2)cc1. The number of piperazine rings is 1. The fourth-order valence-corrected chi connectivity index (χ4v) is 3.88. The van der Waals surface area contributed by atoms with Crippen molar-refractivity contribution in [2.45, 2.75) is 20.3 Å². The molecule has 1 heterocycles. The van der Waals surface area contributed by atoms with Crippen LogP contribution < -0.4 is 0 Å². The van der Waals surface area contributed by atoms with E-state index in [0.717, 1.165) is 6.42 Å². The third-order valence-electron chi connectivity index (χ3n) is 4.16. The maximum absolute atomic E-state index is 12.6. The molecule has 0 radical (unpaired) electrons. The minimum absolute atomic E-state index is 0.0343. The van der Waals surface area contributed by atoms with Crippen LogP contribution in [-0.2, 0) is 16.6 Å². The highest BCUT2D eigenvalue weighted by molar-refractivity contribution is 7.86. The number of carbonyl (C=O) groups is 1. The summed E-state index contributed by atoms with van der Waals surface area (Å²) in [7, 11) is -0.363. The molecule has 24 heavy (non-hydrogen) atoms. The summed E-state index contributed by atoms with van der Waals surface area (Å²) in [5.74, 6) is 0.547. The van der Waals surface area contributed by atoms with Crippen molar-refractivity contribution in [1.82, 2.24) is 13.5 Å². The first-order valence-electron chi connectivity index (χ1n) is 8.27. The van der Waals surface area contributed by atoms with E-state index in [0.29, 0.717) is 37.7 Å². The van der Waals surface area contributed by atoms with Gasteiger partial charge in [0.1, 0.15) is 0 Å². The Labute approximate surface area is 145 Å². The molecule has 0 bridgehead atoms. The Morgan fingerprint density at radius 3 is 2.08 bits per heavy atom. The molecule has 1 saturated heterocycles. The van der Waals surface area contributed by atoms with Crippen molar-refractivity contribution < 1.29 is 13.2 Å². The number of rotatable bonds is 5. The Hall–Kier alpha value is -1.44. The molecule has 0 atom stereocenters. The van der Waals surface area contributed by atoms with Gasteiger partial charge in [-0.3, -0.25) is 4.79 Å². The number of carbonyl (C=O) groups excluding carboxylic acids is 1. The molecule has 0 aliphatic carbocycles. The van der Waals surface area contributed by atoms with Gasteiger partial charge in [-0.05, 0) is 30.0 Å². The average Bonchev–Trinajstić information content (AvgIpc) is 2.54. The third kappa shape index (κ3) is 4.34. The Kier molecular flexibility index (Phi) is 6.01. The maximum atomic E-state index is 12.6. The van der Waals surface area contributed by atoms with Gasteiger partial charge < -0.3 is 4.90 Å². The molecule has 0 aromatic heterocycles. The summed E-state index contributed by atoms with van der Waals surface area (Å²) >= 11 is 0. The van der Waals surface area contributed by atoms with E-state index in [-0.39, 0.29) is 5.91 Å². The third-order valence-corrected chi connectivity index (χ3v) is 6.10. The first kappa shape index (κ1) is 18.9. The van der Waals surface area contributed by atoms with Gasteiger partial charge in [-0.25, -0.2) is 0 Å². The topological polar surface area (TPSA) is 60.9 Å². The van der Waals surface area contributed by atoms with Crippen LogP contribution in [0.5, 0.6) is 0 Å². The number of benzene rings is 1. The average molecular weight is 353 g/mol. The molecule has 1 aromatic carbocycles. The van der Waals surface area contributed by atoms with Crippen molar-refractivity contribution in [3.05, 3.63) is 35.4 Å². The summed E-state index contributed by atoms with van der Waals surface area (Å²) in [6.45, 7) is 5.83. The van der Waals surface area contributed by atoms with Crippen LogP contribution in [0.15, 0.2) is 24.3 Å². The summed E-state index contributed by atoms with van der Waals surface area (Å²) in [6.07, 6.45) is 0.996. The largest absolute Gasteiger partial charge is 0.336 e. The van der Waals surface area contributed by atoms with E-state index in [1.807, 2.05) is 24.3 Å². The van der Waals surface area contributed by atoms with Crippen LogP contribution in [-0.4, -0.2) is 68.1 Å². The van der Waals surface area contributed by atoms with Gasteiger partial charge in [-0.1, -0.05) is 26.0 Å². The Morgan fingerprint density at radius 2 is 1.62 bits per heavy atom. The van der Waals surface area contributed by atoms with Crippen LogP contribution >= 0.6 is 0 Å². The Bertz CT molecular complexity index is 661. The van der Waals surface area contributed by atoms with Crippen molar-refractivity contribution in [1.29, 1.82) is 0 Å². The lowest BCUT2D eigenvalue weighted by atomic mass is 10.0. The fraction of sp³-hybridized carbons (Fsp3) is 0.588. The van der Waals surface area contributed by atoms with Crippen molar-refractivity contribution in [2.24, 2.45) is 5.92 Å². The molecule has 1 aliphatic heterocycles. The zero-order valence-corrected chi connectivity index (χ0v) is 15.7. The molecular formula is C17H27N3O3S. The molecule has 1 aromatic rings. The number of hydrogen-bond donors (Lipinski definition) is 0. The van der Waals surface area contributed by atoms with E-state index >= 15 is 0 Å². The van der Waals surface area contributed by atoms with Crippen LogP contribution in [0.4, 0.5) is 0 Å².